The van der Waals surface area contributed by atoms with Crippen molar-refractivity contribution >= 4 is 29.5 Å². The molecule has 0 aromatic heterocycles. The topological polar surface area (TPSA) is 101 Å². The standard InChI is InChI=1S/C11H17O6PS2/c1-3-9-6-5-7-10(19-4-2)11(9)20(15,16)17-8-18(12,13)14/h5-7H,3-4,8H2,1-2H3,(H2,12,13,14). The van der Waals surface area contributed by atoms with Crippen LogP contribution in [-0.4, -0.2) is 30.3 Å². The Morgan fingerprint density at radius 3 is 2.45 bits per heavy atom. The molecule has 0 radical (unpaired) electrons. The molecule has 0 saturated carbocycles. The quantitative estimate of drug-likeness (QED) is 0.446. The highest BCUT2D eigenvalue weighted by Gasteiger charge is 2.26. The minimum Gasteiger partial charge on any atom is -0.323 e. The van der Waals surface area contributed by atoms with Gasteiger partial charge in [0.05, 0.1) is 0 Å². The summed E-state index contributed by atoms with van der Waals surface area (Å²) >= 11 is 1.34. The number of benzene rings is 1. The van der Waals surface area contributed by atoms with Gasteiger partial charge in [0, 0.05) is 4.90 Å². The lowest BCUT2D eigenvalue weighted by molar-refractivity contribution is 0.300. The van der Waals surface area contributed by atoms with Crippen molar-refractivity contribution in [2.24, 2.45) is 0 Å². The molecule has 1 aromatic carbocycles. The molecule has 2 N–H and O–H groups in total. The third kappa shape index (κ3) is 4.87. The van der Waals surface area contributed by atoms with Crippen LogP contribution in [0.1, 0.15) is 19.4 Å². The molecular weight excluding hydrogens is 323 g/mol. The molecule has 0 aliphatic heterocycles. The molecule has 1 rings (SSSR count). The fourth-order valence-electron chi connectivity index (χ4n) is 1.59. The lowest BCUT2D eigenvalue weighted by atomic mass is 10.2. The van der Waals surface area contributed by atoms with Gasteiger partial charge in [-0.3, -0.25) is 8.75 Å². The monoisotopic (exact) mass is 340 g/mol. The summed E-state index contributed by atoms with van der Waals surface area (Å²) in [5, 5.41) is 0. The molecule has 0 atom stereocenters. The van der Waals surface area contributed by atoms with Crippen molar-refractivity contribution in [1.29, 1.82) is 0 Å². The molecule has 0 amide bonds. The lowest BCUT2D eigenvalue weighted by Gasteiger charge is -2.14. The first-order valence-corrected chi connectivity index (χ1v) is 10.1. The number of rotatable bonds is 7. The van der Waals surface area contributed by atoms with Crippen molar-refractivity contribution in [2.45, 2.75) is 30.1 Å². The van der Waals surface area contributed by atoms with Gasteiger partial charge in [-0.15, -0.1) is 11.8 Å². The number of aryl methyl sites for hydroxylation is 1. The van der Waals surface area contributed by atoms with Gasteiger partial charge in [-0.25, -0.2) is 0 Å². The second kappa shape index (κ2) is 7.06. The van der Waals surface area contributed by atoms with Crippen molar-refractivity contribution in [1.82, 2.24) is 0 Å². The Morgan fingerprint density at radius 1 is 1.30 bits per heavy atom. The van der Waals surface area contributed by atoms with Gasteiger partial charge in [0.1, 0.15) is 4.90 Å². The number of hydrogen-bond acceptors (Lipinski definition) is 5. The van der Waals surface area contributed by atoms with E-state index >= 15 is 0 Å². The summed E-state index contributed by atoms with van der Waals surface area (Å²) < 4.78 is 39.6. The first-order chi connectivity index (χ1) is 9.21. The van der Waals surface area contributed by atoms with Gasteiger partial charge in [-0.2, -0.15) is 8.42 Å². The number of thioether (sulfide) groups is 1. The zero-order chi connectivity index (χ0) is 15.4. The van der Waals surface area contributed by atoms with Crippen LogP contribution in [-0.2, 0) is 25.3 Å². The Hall–Kier alpha value is -0.370. The fourth-order valence-corrected chi connectivity index (χ4v) is 4.89. The molecule has 1 aromatic rings. The van der Waals surface area contributed by atoms with Gasteiger partial charge in [0.2, 0.25) is 0 Å². The van der Waals surface area contributed by atoms with Crippen molar-refractivity contribution in [3.63, 3.8) is 0 Å². The van der Waals surface area contributed by atoms with E-state index in [1.165, 1.54) is 11.8 Å². The smallest absolute Gasteiger partial charge is 0.323 e. The fraction of sp³-hybridized carbons (Fsp3) is 0.455. The third-order valence-electron chi connectivity index (χ3n) is 2.37. The second-order valence-corrected chi connectivity index (χ2v) is 8.34. The highest BCUT2D eigenvalue weighted by Crippen LogP contribution is 2.37. The van der Waals surface area contributed by atoms with E-state index in [2.05, 4.69) is 4.18 Å². The zero-order valence-corrected chi connectivity index (χ0v) is 13.7. The first kappa shape index (κ1) is 17.7. The van der Waals surface area contributed by atoms with Crippen molar-refractivity contribution in [2.75, 3.05) is 12.1 Å². The summed E-state index contributed by atoms with van der Waals surface area (Å²) in [5.74, 6) is 0.675. The van der Waals surface area contributed by atoms with Gasteiger partial charge in [-0.1, -0.05) is 26.0 Å². The summed E-state index contributed by atoms with van der Waals surface area (Å²) in [4.78, 5) is 18.0. The van der Waals surface area contributed by atoms with Gasteiger partial charge in [-0.05, 0) is 23.8 Å². The van der Waals surface area contributed by atoms with Gasteiger partial charge < -0.3 is 9.79 Å². The Morgan fingerprint density at radius 2 is 1.95 bits per heavy atom. The molecule has 0 aliphatic carbocycles. The SMILES string of the molecule is CCSc1cccc(CC)c1S(=O)(=O)OCP(=O)(O)O. The summed E-state index contributed by atoms with van der Waals surface area (Å²) in [7, 11) is -8.75. The molecule has 9 heteroatoms. The van der Waals surface area contributed by atoms with E-state index in [1.807, 2.05) is 6.92 Å². The molecule has 0 fully saturated rings. The predicted molar refractivity (Wildman–Crippen MR) is 77.4 cm³/mol. The Labute approximate surface area is 122 Å². The van der Waals surface area contributed by atoms with Crippen LogP contribution in [0.15, 0.2) is 28.0 Å². The average Bonchev–Trinajstić information content (AvgIpc) is 2.36. The molecule has 0 spiro atoms. The third-order valence-corrected chi connectivity index (χ3v) is 5.49. The van der Waals surface area contributed by atoms with Crippen LogP contribution in [0.3, 0.4) is 0 Å². The second-order valence-electron chi connectivity index (χ2n) is 3.90. The lowest BCUT2D eigenvalue weighted by Crippen LogP contribution is -2.11. The van der Waals surface area contributed by atoms with E-state index < -0.39 is 24.1 Å². The van der Waals surface area contributed by atoms with Crippen LogP contribution in [0, 0.1) is 0 Å². The van der Waals surface area contributed by atoms with E-state index in [0.29, 0.717) is 22.6 Å². The normalized spacial score (nSPS) is 12.6. The Balaban J connectivity index is 3.24. The molecule has 114 valence electrons. The maximum atomic E-state index is 12.2. The zero-order valence-electron chi connectivity index (χ0n) is 11.1. The molecular formula is C11H17O6PS2. The molecule has 0 bridgehead atoms. The minimum absolute atomic E-state index is 0.00259. The summed E-state index contributed by atoms with van der Waals surface area (Å²) in [5.41, 5.74) is 0.564. The summed E-state index contributed by atoms with van der Waals surface area (Å²) in [6.07, 6.45) is -0.671. The van der Waals surface area contributed by atoms with Crippen LogP contribution in [0.5, 0.6) is 0 Å². The van der Waals surface area contributed by atoms with Crippen molar-refractivity contribution in [3.8, 4) is 0 Å². The van der Waals surface area contributed by atoms with E-state index in [-0.39, 0.29) is 4.90 Å². The van der Waals surface area contributed by atoms with Crippen LogP contribution >= 0.6 is 19.4 Å². The maximum Gasteiger partial charge on any atom is 0.352 e. The molecule has 0 heterocycles. The van der Waals surface area contributed by atoms with Crippen molar-refractivity contribution < 1.29 is 27.0 Å². The maximum absolute atomic E-state index is 12.2. The molecule has 0 aliphatic rings. The van der Waals surface area contributed by atoms with Crippen molar-refractivity contribution in [3.05, 3.63) is 23.8 Å². The Bertz CT molecular complexity index is 607. The van der Waals surface area contributed by atoms with Crippen LogP contribution in [0.2, 0.25) is 0 Å². The molecule has 0 unspecified atom stereocenters. The summed E-state index contributed by atoms with van der Waals surface area (Å²) in [6, 6.07) is 5.06. The van der Waals surface area contributed by atoms with Crippen LogP contribution in [0.25, 0.3) is 0 Å². The molecule has 0 saturated heterocycles. The van der Waals surface area contributed by atoms with E-state index in [9.17, 15) is 13.0 Å². The van der Waals surface area contributed by atoms with Crippen LogP contribution in [0.4, 0.5) is 0 Å². The van der Waals surface area contributed by atoms with Crippen LogP contribution < -0.4 is 0 Å². The largest absolute Gasteiger partial charge is 0.352 e. The van der Waals surface area contributed by atoms with E-state index in [1.54, 1.807) is 25.1 Å². The first-order valence-electron chi connectivity index (χ1n) is 5.90. The Kier molecular flexibility index (Phi) is 6.25. The van der Waals surface area contributed by atoms with Gasteiger partial charge in [0.25, 0.3) is 10.1 Å². The average molecular weight is 340 g/mol. The van der Waals surface area contributed by atoms with E-state index in [0.717, 1.165) is 0 Å². The highest BCUT2D eigenvalue weighted by molar-refractivity contribution is 8.00. The number of hydrogen-bond donors (Lipinski definition) is 2. The summed E-state index contributed by atoms with van der Waals surface area (Å²) in [6.45, 7) is 3.69. The highest BCUT2D eigenvalue weighted by atomic mass is 32.2. The predicted octanol–water partition coefficient (Wildman–Crippen LogP) is 2.20. The van der Waals surface area contributed by atoms with E-state index in [4.69, 9.17) is 9.79 Å². The molecule has 20 heavy (non-hydrogen) atoms. The molecule has 6 nitrogen and oxygen atoms in total. The van der Waals surface area contributed by atoms with Gasteiger partial charge >= 0.3 is 7.60 Å². The minimum atomic E-state index is -4.54. The van der Waals surface area contributed by atoms with Gasteiger partial charge in [0.15, 0.2) is 6.35 Å².